The van der Waals surface area contributed by atoms with E-state index in [0.717, 1.165) is 53.2 Å². The molecule has 5 heteroatoms. The van der Waals surface area contributed by atoms with E-state index in [4.69, 9.17) is 9.72 Å². The number of aromatic nitrogens is 2. The molecule has 0 aliphatic carbocycles. The Hall–Kier alpha value is -3.60. The molecule has 36 heavy (non-hydrogen) atoms. The van der Waals surface area contributed by atoms with E-state index in [-0.39, 0.29) is 11.8 Å². The second-order valence-electron chi connectivity index (χ2n) is 10.1. The minimum atomic E-state index is 0.0801. The molecule has 0 saturated carbocycles. The first kappa shape index (κ1) is 24.1. The highest BCUT2D eigenvalue weighted by molar-refractivity contribution is 5.97. The first-order valence-corrected chi connectivity index (χ1v) is 12.9. The molecular weight excluding hydrogens is 446 g/mol. The maximum Gasteiger partial charge on any atom is 0.227 e. The highest BCUT2D eigenvalue weighted by atomic mass is 16.5. The maximum absolute atomic E-state index is 13.1. The molecule has 0 radical (unpaired) electrons. The van der Waals surface area contributed by atoms with Crippen LogP contribution in [0.15, 0.2) is 60.7 Å². The Morgan fingerprint density at radius 2 is 1.69 bits per heavy atom. The number of carbonyl (C=O) groups is 1. The van der Waals surface area contributed by atoms with Gasteiger partial charge in [-0.05, 0) is 75.4 Å². The quantitative estimate of drug-likeness (QED) is 0.265. The van der Waals surface area contributed by atoms with Gasteiger partial charge in [0.15, 0.2) is 0 Å². The van der Waals surface area contributed by atoms with Crippen LogP contribution >= 0.6 is 0 Å². The van der Waals surface area contributed by atoms with Crippen LogP contribution < -0.4 is 9.64 Å². The SMILES string of the molecule is Cc1ccc(N2CC(c3nc4ccccc4n3CCCCOc3c(C)cccc3C)CC2=O)c(C)c1. The molecule has 4 aromatic rings. The van der Waals surface area contributed by atoms with E-state index in [2.05, 4.69) is 86.9 Å². The Morgan fingerprint density at radius 1 is 0.917 bits per heavy atom. The fraction of sp³-hybridized carbons (Fsp3) is 0.355. The second-order valence-corrected chi connectivity index (χ2v) is 10.1. The van der Waals surface area contributed by atoms with Crippen molar-refractivity contribution >= 4 is 22.6 Å². The van der Waals surface area contributed by atoms with Gasteiger partial charge in [0.25, 0.3) is 0 Å². The van der Waals surface area contributed by atoms with Crippen molar-refractivity contribution in [3.8, 4) is 5.75 Å². The molecule has 5 rings (SSSR count). The van der Waals surface area contributed by atoms with E-state index in [9.17, 15) is 4.79 Å². The second kappa shape index (κ2) is 10.2. The first-order chi connectivity index (χ1) is 17.4. The minimum Gasteiger partial charge on any atom is -0.493 e. The summed E-state index contributed by atoms with van der Waals surface area (Å²) in [6.45, 7) is 10.6. The Morgan fingerprint density at radius 3 is 2.47 bits per heavy atom. The summed E-state index contributed by atoms with van der Waals surface area (Å²) in [6.07, 6.45) is 2.43. The highest BCUT2D eigenvalue weighted by Crippen LogP contribution is 2.35. The van der Waals surface area contributed by atoms with Gasteiger partial charge in [-0.25, -0.2) is 4.98 Å². The molecule has 1 fully saturated rings. The average molecular weight is 482 g/mol. The lowest BCUT2D eigenvalue weighted by Crippen LogP contribution is -2.25. The predicted molar refractivity (Wildman–Crippen MR) is 146 cm³/mol. The van der Waals surface area contributed by atoms with E-state index in [1.165, 1.54) is 16.7 Å². The number of benzene rings is 3. The van der Waals surface area contributed by atoms with Crippen LogP contribution in [0.5, 0.6) is 5.75 Å². The van der Waals surface area contributed by atoms with Crippen molar-refractivity contribution in [2.45, 2.75) is 59.4 Å². The van der Waals surface area contributed by atoms with Gasteiger partial charge in [0.2, 0.25) is 5.91 Å². The molecule has 186 valence electrons. The lowest BCUT2D eigenvalue weighted by atomic mass is 10.1. The molecule has 1 amide bonds. The Labute approximate surface area is 213 Å². The molecule has 1 aliphatic heterocycles. The van der Waals surface area contributed by atoms with Crippen LogP contribution in [0.1, 0.15) is 53.3 Å². The molecule has 2 heterocycles. The fourth-order valence-corrected chi connectivity index (χ4v) is 5.44. The van der Waals surface area contributed by atoms with Crippen molar-refractivity contribution in [1.82, 2.24) is 9.55 Å². The minimum absolute atomic E-state index is 0.0801. The van der Waals surface area contributed by atoms with E-state index >= 15 is 0 Å². The average Bonchev–Trinajstić information content (AvgIpc) is 3.41. The summed E-state index contributed by atoms with van der Waals surface area (Å²) in [6, 6.07) is 20.9. The summed E-state index contributed by atoms with van der Waals surface area (Å²) in [4.78, 5) is 20.0. The van der Waals surface area contributed by atoms with E-state index in [1.54, 1.807) is 0 Å². The van der Waals surface area contributed by atoms with Crippen molar-refractivity contribution in [2.75, 3.05) is 18.1 Å². The number of rotatable bonds is 8. The summed E-state index contributed by atoms with van der Waals surface area (Å²) >= 11 is 0. The van der Waals surface area contributed by atoms with Crippen LogP contribution in [0.3, 0.4) is 0 Å². The smallest absolute Gasteiger partial charge is 0.227 e. The van der Waals surface area contributed by atoms with Crippen molar-refractivity contribution < 1.29 is 9.53 Å². The summed E-state index contributed by atoms with van der Waals surface area (Å²) < 4.78 is 8.46. The lowest BCUT2D eigenvalue weighted by molar-refractivity contribution is -0.117. The molecule has 1 aromatic heterocycles. The monoisotopic (exact) mass is 481 g/mol. The molecular formula is C31H35N3O2. The number of fused-ring (bicyclic) bond motifs is 1. The standard InChI is InChI=1S/C31H35N3O2/c1-21-14-15-27(24(4)18-21)34-20-25(19-29(34)35)31-32-26-12-5-6-13-28(26)33(31)16-7-8-17-36-30-22(2)10-9-11-23(30)3/h5-6,9-15,18,25H,7-8,16-17,19-20H2,1-4H3. The van der Waals surface area contributed by atoms with Gasteiger partial charge in [-0.2, -0.15) is 0 Å². The number of ether oxygens (including phenoxy) is 1. The molecule has 5 nitrogen and oxygen atoms in total. The number of carbonyl (C=O) groups excluding carboxylic acids is 1. The number of hydrogen-bond acceptors (Lipinski definition) is 3. The summed E-state index contributed by atoms with van der Waals surface area (Å²) in [7, 11) is 0. The van der Waals surface area contributed by atoms with E-state index in [1.807, 2.05) is 11.0 Å². The summed E-state index contributed by atoms with van der Waals surface area (Å²) in [5, 5.41) is 0. The number of para-hydroxylation sites is 3. The zero-order chi connectivity index (χ0) is 25.2. The van der Waals surface area contributed by atoms with Gasteiger partial charge in [0.05, 0.1) is 17.6 Å². The van der Waals surface area contributed by atoms with Gasteiger partial charge in [-0.15, -0.1) is 0 Å². The van der Waals surface area contributed by atoms with Crippen LogP contribution in [0.2, 0.25) is 0 Å². The number of hydrogen-bond donors (Lipinski definition) is 0. The number of anilines is 1. The van der Waals surface area contributed by atoms with Gasteiger partial charge in [-0.3, -0.25) is 4.79 Å². The first-order valence-electron chi connectivity index (χ1n) is 12.9. The number of nitrogens with zero attached hydrogens (tertiary/aromatic N) is 3. The molecule has 1 saturated heterocycles. The van der Waals surface area contributed by atoms with Crippen LogP contribution in [-0.4, -0.2) is 28.6 Å². The number of imidazole rings is 1. The van der Waals surface area contributed by atoms with Gasteiger partial charge in [0, 0.05) is 31.1 Å². The molecule has 0 bridgehead atoms. The van der Waals surface area contributed by atoms with Crippen LogP contribution in [-0.2, 0) is 11.3 Å². The van der Waals surface area contributed by atoms with Gasteiger partial charge in [0.1, 0.15) is 11.6 Å². The molecule has 0 spiro atoms. The lowest BCUT2D eigenvalue weighted by Gasteiger charge is -2.20. The van der Waals surface area contributed by atoms with Gasteiger partial charge in [-0.1, -0.05) is 48.0 Å². The highest BCUT2D eigenvalue weighted by Gasteiger charge is 2.35. The van der Waals surface area contributed by atoms with Crippen LogP contribution in [0.25, 0.3) is 11.0 Å². The van der Waals surface area contributed by atoms with Crippen LogP contribution in [0, 0.1) is 27.7 Å². The van der Waals surface area contributed by atoms with Gasteiger partial charge >= 0.3 is 0 Å². The Balaban J connectivity index is 1.31. The number of unbranched alkanes of at least 4 members (excludes halogenated alkanes) is 1. The molecule has 1 unspecified atom stereocenters. The molecule has 1 aliphatic rings. The third-order valence-electron chi connectivity index (χ3n) is 7.25. The molecule has 0 N–H and O–H groups in total. The van der Waals surface area contributed by atoms with Crippen molar-refractivity contribution in [3.05, 3.63) is 88.7 Å². The summed E-state index contributed by atoms with van der Waals surface area (Å²) in [5.41, 5.74) is 7.86. The molecule has 1 atom stereocenters. The normalized spacial score (nSPS) is 15.7. The largest absolute Gasteiger partial charge is 0.493 e. The zero-order valence-corrected chi connectivity index (χ0v) is 21.8. The van der Waals surface area contributed by atoms with E-state index < -0.39 is 0 Å². The zero-order valence-electron chi connectivity index (χ0n) is 21.8. The predicted octanol–water partition coefficient (Wildman–Crippen LogP) is 6.65. The summed E-state index contributed by atoms with van der Waals surface area (Å²) in [5.74, 6) is 2.28. The fourth-order valence-electron chi connectivity index (χ4n) is 5.44. The maximum atomic E-state index is 13.1. The third-order valence-corrected chi connectivity index (χ3v) is 7.25. The Kier molecular flexibility index (Phi) is 6.82. The number of aryl methyl sites for hydroxylation is 5. The number of amides is 1. The van der Waals surface area contributed by atoms with E-state index in [0.29, 0.717) is 19.6 Å². The van der Waals surface area contributed by atoms with Crippen molar-refractivity contribution in [1.29, 1.82) is 0 Å². The van der Waals surface area contributed by atoms with Gasteiger partial charge < -0.3 is 14.2 Å². The van der Waals surface area contributed by atoms with Crippen LogP contribution in [0.4, 0.5) is 5.69 Å². The Bertz CT molecular complexity index is 1380. The third kappa shape index (κ3) is 4.75. The molecule has 3 aromatic carbocycles. The van der Waals surface area contributed by atoms with Crippen molar-refractivity contribution in [2.24, 2.45) is 0 Å². The topological polar surface area (TPSA) is 47.4 Å². The van der Waals surface area contributed by atoms with Crippen molar-refractivity contribution in [3.63, 3.8) is 0 Å².